The van der Waals surface area contributed by atoms with E-state index in [9.17, 15) is 8.78 Å². The van der Waals surface area contributed by atoms with Crippen molar-refractivity contribution in [3.05, 3.63) is 181 Å². The van der Waals surface area contributed by atoms with Crippen LogP contribution in [0.2, 0.25) is 0 Å². The number of hydrogen-bond acceptors (Lipinski definition) is 5. The minimum Gasteiger partial charge on any atom is -0.242 e. The number of fused-ring (bicyclic) bond motifs is 13. The highest BCUT2D eigenvalue weighted by Gasteiger charge is 2.25. The van der Waals surface area contributed by atoms with Crippen molar-refractivity contribution in [2.24, 2.45) is 0 Å². The molecule has 0 atom stereocenters. The summed E-state index contributed by atoms with van der Waals surface area (Å²) in [4.78, 5) is 13.3. The fourth-order valence-electron chi connectivity index (χ4n) is 9.27. The van der Waals surface area contributed by atoms with Crippen LogP contribution in [0.5, 0.6) is 0 Å². The van der Waals surface area contributed by atoms with E-state index in [-0.39, 0.29) is 11.1 Å². The van der Waals surface area contributed by atoms with Gasteiger partial charge in [-0.1, -0.05) is 97.1 Å². The Hall–Kier alpha value is -7.04. The van der Waals surface area contributed by atoms with Gasteiger partial charge in [-0.25, -0.2) is 27.5 Å². The normalized spacial score (nSPS) is 12.1. The van der Waals surface area contributed by atoms with Crippen LogP contribution in [0, 0.1) is 23.3 Å². The lowest BCUT2D eigenvalue weighted by atomic mass is 9.93. The quantitative estimate of drug-likeness (QED) is 0.130. The molecule has 0 radical (unpaired) electrons. The van der Waals surface area contributed by atoms with E-state index in [0.29, 0.717) is 22.2 Å². The van der Waals surface area contributed by atoms with Gasteiger partial charge in [-0.15, -0.1) is 34.0 Å². The Bertz CT molecular complexity index is 3850. The Morgan fingerprint density at radius 1 is 0.317 bits per heavy atom. The number of hydrogen-bond donors (Lipinski definition) is 0. The molecule has 0 amide bonds. The van der Waals surface area contributed by atoms with Crippen LogP contribution in [0.3, 0.4) is 0 Å². The second-order valence-electron chi connectivity index (χ2n) is 15.7. The van der Waals surface area contributed by atoms with Gasteiger partial charge in [-0.05, 0) is 70.4 Å². The number of rotatable bonds is 4. The second-order valence-corrected chi connectivity index (χ2v) is 18.8. The standard InChI is InChI=1S/C54H26F4N2S3/c55-29-17-21-31(43(57)25-29)27-15-19-35-41(23-27)42-24-28(32-22-18-30(56)26-44(32)58)16-20-36(42)48-47(35)59-49-50(60-48)54(40-12-6-10-38-34-8-2-4-14-46(34)62-52(38)40)63-53(49)39-11-5-9-37-33-7-1-3-13-45(33)61-51(37)39/h1-26H. The molecule has 4 aromatic heterocycles. The summed E-state index contributed by atoms with van der Waals surface area (Å²) in [6.45, 7) is 0. The molecule has 0 unspecified atom stereocenters. The van der Waals surface area contributed by atoms with Crippen molar-refractivity contribution in [3.63, 3.8) is 0 Å². The highest BCUT2D eigenvalue weighted by molar-refractivity contribution is 7.28. The largest absolute Gasteiger partial charge is 0.242 e. The Labute approximate surface area is 367 Å². The van der Waals surface area contributed by atoms with Crippen molar-refractivity contribution < 1.29 is 17.6 Å². The van der Waals surface area contributed by atoms with Gasteiger partial charge in [-0.3, -0.25) is 0 Å². The minimum absolute atomic E-state index is 0.241. The van der Waals surface area contributed by atoms with Gasteiger partial charge < -0.3 is 0 Å². The van der Waals surface area contributed by atoms with Gasteiger partial charge in [0.15, 0.2) is 0 Å². The molecule has 0 aliphatic heterocycles. The van der Waals surface area contributed by atoms with Crippen LogP contribution < -0.4 is 0 Å². The summed E-state index contributed by atoms with van der Waals surface area (Å²) in [5, 5.41) is 7.77. The van der Waals surface area contributed by atoms with Gasteiger partial charge in [0, 0.05) is 85.5 Å². The van der Waals surface area contributed by atoms with E-state index in [0.717, 1.165) is 65.6 Å². The van der Waals surface area contributed by atoms with Crippen molar-refractivity contribution in [2.45, 2.75) is 0 Å². The molecule has 2 nitrogen and oxygen atoms in total. The van der Waals surface area contributed by atoms with Gasteiger partial charge in [0.05, 0.1) is 20.8 Å². The Morgan fingerprint density at radius 2 is 0.762 bits per heavy atom. The van der Waals surface area contributed by atoms with E-state index in [2.05, 4.69) is 84.9 Å². The van der Waals surface area contributed by atoms with Crippen molar-refractivity contribution in [1.29, 1.82) is 0 Å². The van der Waals surface area contributed by atoms with Crippen molar-refractivity contribution in [3.8, 4) is 43.1 Å². The van der Waals surface area contributed by atoms with Gasteiger partial charge >= 0.3 is 0 Å². The monoisotopic (exact) mass is 874 g/mol. The zero-order valence-electron chi connectivity index (χ0n) is 32.6. The lowest BCUT2D eigenvalue weighted by Crippen LogP contribution is -1.94. The SMILES string of the molecule is Fc1ccc(-c2ccc3c(c2)c2cc(-c4ccc(F)cc4F)ccc2c2nc4c(-c5cccc6c5sc5ccccc56)sc(-c5cccc6c5sc5ccccc56)c4nc32)c(F)c1. The average molecular weight is 875 g/mol. The maximum atomic E-state index is 15.4. The molecule has 0 spiro atoms. The Balaban J connectivity index is 1.17. The molecule has 298 valence electrons. The third-order valence-electron chi connectivity index (χ3n) is 12.2. The van der Waals surface area contributed by atoms with E-state index in [4.69, 9.17) is 9.97 Å². The van der Waals surface area contributed by atoms with Crippen molar-refractivity contribution in [1.82, 2.24) is 9.97 Å². The van der Waals surface area contributed by atoms with E-state index < -0.39 is 23.3 Å². The van der Waals surface area contributed by atoms with Crippen LogP contribution in [0.4, 0.5) is 17.6 Å². The van der Waals surface area contributed by atoms with Crippen molar-refractivity contribution in [2.75, 3.05) is 0 Å². The van der Waals surface area contributed by atoms with Gasteiger partial charge in [-0.2, -0.15) is 0 Å². The molecule has 13 rings (SSSR count). The van der Waals surface area contributed by atoms with Crippen molar-refractivity contribution >= 4 is 118 Å². The van der Waals surface area contributed by atoms with E-state index in [1.807, 2.05) is 36.4 Å². The van der Waals surface area contributed by atoms with Gasteiger partial charge in [0.2, 0.25) is 0 Å². The molecule has 4 heterocycles. The number of nitrogens with zero attached hydrogens (tertiary/aromatic N) is 2. The number of thiophene rings is 3. The van der Waals surface area contributed by atoms with Crippen LogP contribution in [0.1, 0.15) is 0 Å². The van der Waals surface area contributed by atoms with Crippen LogP contribution in [-0.2, 0) is 0 Å². The number of halogens is 4. The van der Waals surface area contributed by atoms with E-state index >= 15 is 8.78 Å². The fourth-order valence-corrected chi connectivity index (χ4v) is 13.1. The third-order valence-corrected chi connectivity index (χ3v) is 15.8. The molecule has 0 aliphatic carbocycles. The molecule has 0 fully saturated rings. The summed E-state index contributed by atoms with van der Waals surface area (Å²) in [5.41, 5.74) is 6.58. The fraction of sp³-hybridized carbons (Fsp3) is 0. The molecule has 0 bridgehead atoms. The average Bonchev–Trinajstić information content (AvgIpc) is 4.00. The third kappa shape index (κ3) is 5.53. The maximum absolute atomic E-state index is 15.4. The summed E-state index contributed by atoms with van der Waals surface area (Å²) in [5.74, 6) is -2.71. The molecular formula is C54H26F4N2S3. The van der Waals surface area contributed by atoms with Crippen LogP contribution in [0.15, 0.2) is 158 Å². The second kappa shape index (κ2) is 13.7. The minimum atomic E-state index is -0.686. The van der Waals surface area contributed by atoms with E-state index in [1.54, 1.807) is 34.0 Å². The summed E-state index contributed by atoms with van der Waals surface area (Å²) >= 11 is 5.24. The molecule has 63 heavy (non-hydrogen) atoms. The predicted molar refractivity (Wildman–Crippen MR) is 257 cm³/mol. The highest BCUT2D eigenvalue weighted by atomic mass is 32.1. The summed E-state index contributed by atoms with van der Waals surface area (Å²) in [6.07, 6.45) is 0. The van der Waals surface area contributed by atoms with Gasteiger partial charge in [0.1, 0.15) is 34.3 Å². The first kappa shape index (κ1) is 36.6. The van der Waals surface area contributed by atoms with Crippen LogP contribution in [0.25, 0.3) is 127 Å². The van der Waals surface area contributed by atoms with Crippen LogP contribution in [-0.4, -0.2) is 9.97 Å². The first-order chi connectivity index (χ1) is 30.9. The summed E-state index contributed by atoms with van der Waals surface area (Å²) in [7, 11) is 0. The first-order valence-electron chi connectivity index (χ1n) is 20.2. The summed E-state index contributed by atoms with van der Waals surface area (Å²) in [6, 6.07) is 48.2. The number of aromatic nitrogens is 2. The smallest absolute Gasteiger partial charge is 0.133 e. The molecule has 9 aromatic carbocycles. The Kier molecular flexibility index (Phi) is 7.98. The number of benzene rings is 9. The zero-order chi connectivity index (χ0) is 42.1. The lowest BCUT2D eigenvalue weighted by Gasteiger charge is -2.14. The first-order valence-corrected chi connectivity index (χ1v) is 22.7. The zero-order valence-corrected chi connectivity index (χ0v) is 35.1. The topological polar surface area (TPSA) is 25.8 Å². The lowest BCUT2D eigenvalue weighted by molar-refractivity contribution is 0.585. The molecule has 0 N–H and O–H groups in total. The molecule has 0 aliphatic rings. The molecule has 9 heteroatoms. The maximum Gasteiger partial charge on any atom is 0.133 e. The predicted octanol–water partition coefficient (Wildman–Crippen LogP) is 17.1. The van der Waals surface area contributed by atoms with Gasteiger partial charge in [0.25, 0.3) is 0 Å². The highest BCUT2D eigenvalue weighted by Crippen LogP contribution is 2.51. The van der Waals surface area contributed by atoms with E-state index in [1.165, 1.54) is 64.6 Å². The molecule has 0 saturated carbocycles. The molecular weight excluding hydrogens is 849 g/mol. The Morgan fingerprint density at radius 3 is 1.22 bits per heavy atom. The molecule has 0 saturated heterocycles. The van der Waals surface area contributed by atoms with Crippen LogP contribution >= 0.6 is 34.0 Å². The molecule has 13 aromatic rings. The summed E-state index contributed by atoms with van der Waals surface area (Å²) < 4.78 is 63.8.